The average molecular weight is 290 g/mol. The second kappa shape index (κ2) is 5.34. The van der Waals surface area contributed by atoms with Gasteiger partial charge in [-0.3, -0.25) is 4.79 Å². The normalized spacial score (nSPS) is 27.5. The molecule has 4 heteroatoms. The fourth-order valence-corrected chi connectivity index (χ4v) is 3.77. The third kappa shape index (κ3) is 2.77. The first-order valence-corrected chi connectivity index (χ1v) is 7.70. The summed E-state index contributed by atoms with van der Waals surface area (Å²) in [6.45, 7) is 0.141. The van der Waals surface area contributed by atoms with Gasteiger partial charge in [0.15, 0.2) is 0 Å². The van der Waals surface area contributed by atoms with Crippen molar-refractivity contribution in [3.05, 3.63) is 29.8 Å². The molecular weight excluding hydrogens is 268 g/mol. The third-order valence-corrected chi connectivity index (χ3v) is 4.91. The van der Waals surface area contributed by atoms with Gasteiger partial charge in [-0.2, -0.15) is 0 Å². The van der Waals surface area contributed by atoms with E-state index in [1.54, 1.807) is 0 Å². The summed E-state index contributed by atoms with van der Waals surface area (Å²) in [7, 11) is 0. The number of hydrogen-bond donors (Lipinski definition) is 2. The molecule has 0 aromatic heterocycles. The molecule has 114 valence electrons. The zero-order chi connectivity index (χ0) is 14.9. The van der Waals surface area contributed by atoms with Crippen molar-refractivity contribution in [1.82, 2.24) is 0 Å². The lowest BCUT2D eigenvalue weighted by atomic mass is 9.68. The monoisotopic (exact) mass is 290 g/mol. The molecule has 0 bridgehead atoms. The number of fused-ring (bicyclic) bond motifs is 1. The highest BCUT2D eigenvalue weighted by molar-refractivity contribution is 5.76. The molecule has 1 aromatic rings. The summed E-state index contributed by atoms with van der Waals surface area (Å²) < 4.78 is 5.70. The highest BCUT2D eigenvalue weighted by Crippen LogP contribution is 2.44. The van der Waals surface area contributed by atoms with Gasteiger partial charge in [-0.15, -0.1) is 0 Å². The van der Waals surface area contributed by atoms with E-state index in [-0.39, 0.29) is 13.0 Å². The van der Waals surface area contributed by atoms with Gasteiger partial charge in [0.05, 0.1) is 5.60 Å². The van der Waals surface area contributed by atoms with Crippen molar-refractivity contribution in [3.63, 3.8) is 0 Å². The number of aliphatic hydroxyl groups is 1. The molecule has 1 saturated carbocycles. The van der Waals surface area contributed by atoms with Gasteiger partial charge in [-0.25, -0.2) is 0 Å². The predicted octanol–water partition coefficient (Wildman–Crippen LogP) is 2.78. The number of para-hydroxylation sites is 1. The van der Waals surface area contributed by atoms with E-state index in [9.17, 15) is 15.0 Å². The molecule has 0 saturated heterocycles. The summed E-state index contributed by atoms with van der Waals surface area (Å²) in [5.74, 6) is -0.0963. The molecular formula is C17H22O4. The number of carboxylic acids is 1. The number of ether oxygens (including phenoxy) is 1. The Morgan fingerprint density at radius 2 is 1.90 bits per heavy atom. The summed E-state index contributed by atoms with van der Waals surface area (Å²) in [4.78, 5) is 11.9. The van der Waals surface area contributed by atoms with E-state index in [1.165, 1.54) is 0 Å². The molecule has 1 aliphatic heterocycles. The zero-order valence-electron chi connectivity index (χ0n) is 12.2. The molecule has 2 aliphatic rings. The molecule has 3 rings (SSSR count). The summed E-state index contributed by atoms with van der Waals surface area (Å²) in [6, 6.07) is 7.57. The van der Waals surface area contributed by atoms with Crippen molar-refractivity contribution in [2.24, 2.45) is 5.41 Å². The Labute approximate surface area is 124 Å². The number of hydrogen-bond acceptors (Lipinski definition) is 3. The van der Waals surface area contributed by atoms with Gasteiger partial charge in [-0.1, -0.05) is 37.5 Å². The van der Waals surface area contributed by atoms with E-state index in [4.69, 9.17) is 4.74 Å². The van der Waals surface area contributed by atoms with Gasteiger partial charge in [0, 0.05) is 0 Å². The SMILES string of the molecule is O=C(O)C1(CC2(O)CCCCC2)COc2ccccc2C1. The fourth-order valence-electron chi connectivity index (χ4n) is 3.77. The van der Waals surface area contributed by atoms with Crippen molar-refractivity contribution in [3.8, 4) is 5.75 Å². The lowest BCUT2D eigenvalue weighted by molar-refractivity contribution is -0.158. The molecule has 0 amide bonds. The molecule has 1 aliphatic carbocycles. The molecule has 1 aromatic carbocycles. The minimum absolute atomic E-state index is 0.141. The van der Waals surface area contributed by atoms with E-state index in [0.717, 1.165) is 30.6 Å². The first kappa shape index (κ1) is 14.4. The standard InChI is InChI=1S/C17H22O4/c18-15(19)16(11-17(20)8-4-1-5-9-17)10-13-6-2-3-7-14(13)21-12-16/h2-3,6-7,20H,1,4-5,8-12H2,(H,18,19). The highest BCUT2D eigenvalue weighted by atomic mass is 16.5. The van der Waals surface area contributed by atoms with Crippen molar-refractivity contribution in [1.29, 1.82) is 0 Å². The number of carbonyl (C=O) groups is 1. The first-order chi connectivity index (χ1) is 10.0. The molecule has 1 fully saturated rings. The number of carboxylic acid groups (broad SMARTS) is 1. The third-order valence-electron chi connectivity index (χ3n) is 4.91. The topological polar surface area (TPSA) is 66.8 Å². The summed E-state index contributed by atoms with van der Waals surface area (Å²) in [5.41, 5.74) is -0.947. The van der Waals surface area contributed by atoms with Crippen LogP contribution in [0.15, 0.2) is 24.3 Å². The second-order valence-corrected chi connectivity index (χ2v) is 6.62. The van der Waals surface area contributed by atoms with Gasteiger partial charge in [0.1, 0.15) is 17.8 Å². The summed E-state index contributed by atoms with van der Waals surface area (Å²) in [5, 5.41) is 20.5. The zero-order valence-corrected chi connectivity index (χ0v) is 12.2. The van der Waals surface area contributed by atoms with Gasteiger partial charge >= 0.3 is 5.97 Å². The Morgan fingerprint density at radius 1 is 1.19 bits per heavy atom. The largest absolute Gasteiger partial charge is 0.492 e. The molecule has 4 nitrogen and oxygen atoms in total. The molecule has 0 spiro atoms. The van der Waals surface area contributed by atoms with E-state index in [1.807, 2.05) is 24.3 Å². The van der Waals surface area contributed by atoms with Crippen molar-refractivity contribution < 1.29 is 19.7 Å². The fraction of sp³-hybridized carbons (Fsp3) is 0.588. The molecule has 2 N–H and O–H groups in total. The van der Waals surface area contributed by atoms with Crippen LogP contribution in [0.2, 0.25) is 0 Å². The minimum Gasteiger partial charge on any atom is -0.492 e. The maximum absolute atomic E-state index is 11.9. The first-order valence-electron chi connectivity index (χ1n) is 7.70. The Bertz CT molecular complexity index is 533. The van der Waals surface area contributed by atoms with Gasteiger partial charge in [0.25, 0.3) is 0 Å². The van der Waals surface area contributed by atoms with Crippen LogP contribution in [-0.2, 0) is 11.2 Å². The maximum atomic E-state index is 11.9. The lowest BCUT2D eigenvalue weighted by Crippen LogP contribution is -2.49. The smallest absolute Gasteiger partial charge is 0.313 e. The highest BCUT2D eigenvalue weighted by Gasteiger charge is 2.48. The number of aliphatic carboxylic acids is 1. The van der Waals surface area contributed by atoms with Crippen molar-refractivity contribution in [2.75, 3.05) is 6.61 Å². The number of rotatable bonds is 3. The van der Waals surface area contributed by atoms with Gasteiger partial charge < -0.3 is 14.9 Å². The molecule has 0 radical (unpaired) electrons. The van der Waals surface area contributed by atoms with Crippen molar-refractivity contribution in [2.45, 2.75) is 50.5 Å². The summed E-state index contributed by atoms with van der Waals surface area (Å²) in [6.07, 6.45) is 5.19. The van der Waals surface area contributed by atoms with Crippen LogP contribution in [0.3, 0.4) is 0 Å². The minimum atomic E-state index is -1.01. The lowest BCUT2D eigenvalue weighted by Gasteiger charge is -2.42. The Morgan fingerprint density at radius 3 is 2.62 bits per heavy atom. The van der Waals surface area contributed by atoms with Gasteiger partial charge in [0.2, 0.25) is 0 Å². The summed E-state index contributed by atoms with van der Waals surface area (Å²) >= 11 is 0. The van der Waals surface area contributed by atoms with E-state index in [0.29, 0.717) is 19.3 Å². The van der Waals surface area contributed by atoms with Crippen LogP contribution in [0, 0.1) is 5.41 Å². The van der Waals surface area contributed by atoms with Crippen LogP contribution in [0.25, 0.3) is 0 Å². The average Bonchev–Trinajstić information content (AvgIpc) is 2.47. The maximum Gasteiger partial charge on any atom is 0.313 e. The number of benzene rings is 1. The molecule has 1 unspecified atom stereocenters. The Balaban J connectivity index is 1.86. The van der Waals surface area contributed by atoms with Gasteiger partial charge in [-0.05, 0) is 37.3 Å². The van der Waals surface area contributed by atoms with Crippen molar-refractivity contribution >= 4 is 5.97 Å². The van der Waals surface area contributed by atoms with E-state index >= 15 is 0 Å². The Hall–Kier alpha value is -1.55. The van der Waals surface area contributed by atoms with Crippen LogP contribution in [-0.4, -0.2) is 28.4 Å². The van der Waals surface area contributed by atoms with E-state index in [2.05, 4.69) is 0 Å². The van der Waals surface area contributed by atoms with Crippen LogP contribution in [0.1, 0.15) is 44.1 Å². The van der Waals surface area contributed by atoms with E-state index < -0.39 is 17.0 Å². The van der Waals surface area contributed by atoms with Crippen LogP contribution in [0.4, 0.5) is 0 Å². The Kier molecular flexibility index (Phi) is 3.66. The van der Waals surface area contributed by atoms with Crippen LogP contribution < -0.4 is 4.74 Å². The van der Waals surface area contributed by atoms with Crippen LogP contribution in [0.5, 0.6) is 5.75 Å². The molecule has 21 heavy (non-hydrogen) atoms. The quantitative estimate of drug-likeness (QED) is 0.898. The molecule has 1 atom stereocenters. The van der Waals surface area contributed by atoms with Crippen LogP contribution >= 0.6 is 0 Å². The second-order valence-electron chi connectivity index (χ2n) is 6.62. The predicted molar refractivity (Wildman–Crippen MR) is 78.4 cm³/mol. The molecule has 1 heterocycles.